The van der Waals surface area contributed by atoms with Crippen LogP contribution in [0.25, 0.3) is 22.0 Å². The first-order valence-corrected chi connectivity index (χ1v) is 9.89. The summed E-state index contributed by atoms with van der Waals surface area (Å²) in [5.74, 6) is 0.751. The molecule has 0 aliphatic heterocycles. The van der Waals surface area contributed by atoms with E-state index >= 15 is 0 Å². The number of anilines is 2. The quantitative estimate of drug-likeness (QED) is 0.470. The lowest BCUT2D eigenvalue weighted by atomic mass is 9.83. The van der Waals surface area contributed by atoms with Crippen molar-refractivity contribution in [3.05, 3.63) is 88.2 Å². The van der Waals surface area contributed by atoms with Gasteiger partial charge < -0.3 is 14.6 Å². The number of hydrogen-bond acceptors (Lipinski definition) is 4. The summed E-state index contributed by atoms with van der Waals surface area (Å²) in [7, 11) is 1.73. The molecule has 1 N–H and O–H groups in total. The summed E-state index contributed by atoms with van der Waals surface area (Å²) < 4.78 is 7.09. The van der Waals surface area contributed by atoms with E-state index in [1.807, 2.05) is 67.6 Å². The van der Waals surface area contributed by atoms with Crippen molar-refractivity contribution in [3.63, 3.8) is 0 Å². The molecule has 0 saturated carbocycles. The van der Waals surface area contributed by atoms with Crippen molar-refractivity contribution in [1.82, 2.24) is 4.57 Å². The van der Waals surface area contributed by atoms with E-state index in [-0.39, 0.29) is 11.3 Å². The number of carbonyl (C=O) groups excluding carboxylic acids is 1. The second kappa shape index (κ2) is 6.88. The predicted octanol–water partition coefficient (Wildman–Crippen LogP) is 4.89. The topological polar surface area (TPSA) is 60.3 Å². The fourth-order valence-corrected chi connectivity index (χ4v) is 4.11. The molecule has 1 heterocycles. The maximum absolute atomic E-state index is 13.5. The maximum Gasteiger partial charge on any atom is 0.251 e. The first-order chi connectivity index (χ1) is 14.6. The third-order valence-corrected chi connectivity index (χ3v) is 5.55. The van der Waals surface area contributed by atoms with Crippen molar-refractivity contribution < 1.29 is 9.53 Å². The van der Waals surface area contributed by atoms with Gasteiger partial charge in [-0.15, -0.1) is 0 Å². The monoisotopic (exact) mass is 396 g/mol. The first kappa shape index (κ1) is 18.2. The van der Waals surface area contributed by atoms with Crippen LogP contribution in [-0.4, -0.2) is 17.0 Å². The molecule has 30 heavy (non-hydrogen) atoms. The van der Waals surface area contributed by atoms with E-state index in [9.17, 15) is 9.59 Å². The standard InChI is InChI=1S/C25H20N2O3/c1-3-30-16-10-8-15(9-11-16)26-20-12-13-21-23-19(14-22(28)27(21)2)17-6-4-5-7-18(17)25(29)24(20)23/h4-14,26H,3H2,1-2H3. The molecule has 0 atom stereocenters. The Kier molecular flexibility index (Phi) is 4.17. The van der Waals surface area contributed by atoms with Crippen LogP contribution in [0.5, 0.6) is 5.75 Å². The Morgan fingerprint density at radius 2 is 1.63 bits per heavy atom. The zero-order valence-electron chi connectivity index (χ0n) is 16.7. The molecule has 4 aromatic rings. The molecule has 0 saturated heterocycles. The molecule has 148 valence electrons. The Morgan fingerprint density at radius 3 is 2.37 bits per heavy atom. The number of hydrogen-bond donors (Lipinski definition) is 1. The van der Waals surface area contributed by atoms with Crippen molar-refractivity contribution in [2.24, 2.45) is 7.05 Å². The lowest BCUT2D eigenvalue weighted by Gasteiger charge is -2.23. The number of benzene rings is 3. The van der Waals surface area contributed by atoms with Crippen molar-refractivity contribution in [2.45, 2.75) is 6.92 Å². The van der Waals surface area contributed by atoms with Gasteiger partial charge in [0.1, 0.15) is 5.75 Å². The van der Waals surface area contributed by atoms with Crippen molar-refractivity contribution >= 4 is 28.1 Å². The first-order valence-electron chi connectivity index (χ1n) is 9.89. The van der Waals surface area contributed by atoms with Crippen molar-refractivity contribution in [1.29, 1.82) is 0 Å². The number of pyridine rings is 1. The Hall–Kier alpha value is -3.86. The van der Waals surface area contributed by atoms with Gasteiger partial charge in [0.25, 0.3) is 5.56 Å². The summed E-state index contributed by atoms with van der Waals surface area (Å²) in [5, 5.41) is 4.18. The number of nitrogens with zero attached hydrogens (tertiary/aromatic N) is 1. The summed E-state index contributed by atoms with van der Waals surface area (Å²) in [6, 6.07) is 20.5. The van der Waals surface area contributed by atoms with E-state index in [0.717, 1.165) is 33.5 Å². The fourth-order valence-electron chi connectivity index (χ4n) is 4.11. The minimum absolute atomic E-state index is 0.0456. The van der Waals surface area contributed by atoms with Gasteiger partial charge in [0.05, 0.1) is 23.4 Å². The van der Waals surface area contributed by atoms with Crippen LogP contribution in [0.3, 0.4) is 0 Å². The van der Waals surface area contributed by atoms with Crippen LogP contribution in [0.1, 0.15) is 22.8 Å². The van der Waals surface area contributed by atoms with Gasteiger partial charge in [0.2, 0.25) is 0 Å². The molecule has 5 heteroatoms. The summed E-state index contributed by atoms with van der Waals surface area (Å²) in [5.41, 5.74) is 5.02. The van der Waals surface area contributed by atoms with Crippen LogP contribution in [0.4, 0.5) is 11.4 Å². The molecule has 0 amide bonds. The number of rotatable bonds is 4. The molecule has 0 fully saturated rings. The van der Waals surface area contributed by atoms with Crippen LogP contribution < -0.4 is 15.6 Å². The van der Waals surface area contributed by atoms with Crippen LogP contribution in [0.2, 0.25) is 0 Å². The summed E-state index contributed by atoms with van der Waals surface area (Å²) in [6.07, 6.45) is 0. The number of carbonyl (C=O) groups is 1. The van der Waals surface area contributed by atoms with Gasteiger partial charge in [-0.1, -0.05) is 24.3 Å². The molecule has 0 radical (unpaired) electrons. The van der Waals surface area contributed by atoms with Crippen molar-refractivity contribution in [2.75, 3.05) is 11.9 Å². The summed E-state index contributed by atoms with van der Waals surface area (Å²) in [6.45, 7) is 2.55. The highest BCUT2D eigenvalue weighted by Gasteiger charge is 2.28. The predicted molar refractivity (Wildman–Crippen MR) is 119 cm³/mol. The minimum atomic E-state index is -0.0974. The number of nitrogens with one attached hydrogen (secondary N) is 1. The zero-order chi connectivity index (χ0) is 20.8. The molecule has 1 aliphatic carbocycles. The number of ketones is 1. The second-order valence-corrected chi connectivity index (χ2v) is 7.29. The Bertz CT molecular complexity index is 1370. The highest BCUT2D eigenvalue weighted by atomic mass is 16.5. The number of fused-ring (bicyclic) bond motifs is 2. The number of aromatic nitrogens is 1. The highest BCUT2D eigenvalue weighted by molar-refractivity contribution is 6.28. The molecule has 5 nitrogen and oxygen atoms in total. The van der Waals surface area contributed by atoms with E-state index in [0.29, 0.717) is 23.4 Å². The number of ether oxygens (including phenoxy) is 1. The second-order valence-electron chi connectivity index (χ2n) is 7.29. The molecule has 0 bridgehead atoms. The van der Waals surface area contributed by atoms with Gasteiger partial charge in [-0.05, 0) is 54.4 Å². The molecule has 1 aromatic heterocycles. The molecule has 5 rings (SSSR count). The fraction of sp³-hybridized carbons (Fsp3) is 0.120. The van der Waals surface area contributed by atoms with Crippen LogP contribution >= 0.6 is 0 Å². The van der Waals surface area contributed by atoms with E-state index in [1.165, 1.54) is 0 Å². The molecule has 0 spiro atoms. The van der Waals surface area contributed by atoms with Crippen LogP contribution in [-0.2, 0) is 7.05 Å². The lowest BCUT2D eigenvalue weighted by Crippen LogP contribution is -2.21. The smallest absolute Gasteiger partial charge is 0.251 e. The van der Waals surface area contributed by atoms with E-state index < -0.39 is 0 Å². The SMILES string of the molecule is CCOc1ccc(Nc2ccc3c4c(cc(=O)n3C)-c3ccccc3C(=O)c24)cc1. The van der Waals surface area contributed by atoms with E-state index in [1.54, 1.807) is 17.7 Å². The van der Waals surface area contributed by atoms with Crippen LogP contribution in [0.15, 0.2) is 71.5 Å². The Balaban J connectivity index is 1.73. The molecule has 0 unspecified atom stereocenters. The third kappa shape index (κ3) is 2.70. The lowest BCUT2D eigenvalue weighted by molar-refractivity contribution is 0.104. The Morgan fingerprint density at radius 1 is 0.900 bits per heavy atom. The Labute approximate surface area is 173 Å². The maximum atomic E-state index is 13.5. The van der Waals surface area contributed by atoms with Gasteiger partial charge in [0.15, 0.2) is 5.78 Å². The average Bonchev–Trinajstić information content (AvgIpc) is 2.76. The largest absolute Gasteiger partial charge is 0.494 e. The summed E-state index contributed by atoms with van der Waals surface area (Å²) in [4.78, 5) is 26.0. The summed E-state index contributed by atoms with van der Waals surface area (Å²) >= 11 is 0. The van der Waals surface area contributed by atoms with Gasteiger partial charge >= 0.3 is 0 Å². The molecular weight excluding hydrogens is 376 g/mol. The van der Waals surface area contributed by atoms with Crippen molar-refractivity contribution in [3.8, 4) is 16.9 Å². The third-order valence-electron chi connectivity index (χ3n) is 5.55. The molecule has 3 aromatic carbocycles. The minimum Gasteiger partial charge on any atom is -0.494 e. The van der Waals surface area contributed by atoms with E-state index in [4.69, 9.17) is 4.74 Å². The zero-order valence-corrected chi connectivity index (χ0v) is 16.7. The van der Waals surface area contributed by atoms with Gasteiger partial charge in [0, 0.05) is 29.8 Å². The highest BCUT2D eigenvalue weighted by Crippen LogP contribution is 2.41. The van der Waals surface area contributed by atoms with Gasteiger partial charge in [-0.2, -0.15) is 0 Å². The average molecular weight is 396 g/mol. The van der Waals surface area contributed by atoms with E-state index in [2.05, 4.69) is 5.32 Å². The van der Waals surface area contributed by atoms with Gasteiger partial charge in [-0.3, -0.25) is 9.59 Å². The van der Waals surface area contributed by atoms with Gasteiger partial charge in [-0.25, -0.2) is 0 Å². The normalized spacial score (nSPS) is 12.0. The molecule has 1 aliphatic rings. The number of aryl methyl sites for hydroxylation is 1. The van der Waals surface area contributed by atoms with Crippen LogP contribution in [0, 0.1) is 0 Å². The molecular formula is C25H20N2O3.